The molecule has 0 heterocycles. The van der Waals surface area contributed by atoms with Crippen molar-refractivity contribution in [1.82, 2.24) is 10.6 Å². The molecule has 0 aliphatic heterocycles. The molecule has 0 aromatic heterocycles. The second-order valence-electron chi connectivity index (χ2n) is 6.00. The molecule has 154 valence electrons. The van der Waals surface area contributed by atoms with E-state index in [1.807, 2.05) is 25.1 Å². The van der Waals surface area contributed by atoms with E-state index in [-0.39, 0.29) is 29.9 Å². The lowest BCUT2D eigenvalue weighted by molar-refractivity contribution is -0.116. The Morgan fingerprint density at radius 3 is 2.56 bits per heavy atom. The first-order valence-corrected chi connectivity index (χ1v) is 9.94. The Bertz CT molecular complexity index is 585. The van der Waals surface area contributed by atoms with E-state index in [2.05, 4.69) is 43.8 Å². The van der Waals surface area contributed by atoms with Gasteiger partial charge >= 0.3 is 0 Å². The molecule has 8 heteroatoms. The zero-order valence-electron chi connectivity index (χ0n) is 16.4. The summed E-state index contributed by atoms with van der Waals surface area (Å²) in [6.07, 6.45) is 3.56. The van der Waals surface area contributed by atoms with Crippen molar-refractivity contribution in [2.45, 2.75) is 39.5 Å². The second-order valence-corrected chi connectivity index (χ2v) is 6.92. The lowest BCUT2D eigenvalue weighted by Crippen LogP contribution is -2.39. The number of aliphatic imine (C=N–C) groups is 1. The highest BCUT2D eigenvalue weighted by molar-refractivity contribution is 14.0. The van der Waals surface area contributed by atoms with Crippen molar-refractivity contribution in [1.29, 1.82) is 0 Å². The molecule has 1 rings (SSSR count). The number of amides is 1. The van der Waals surface area contributed by atoms with Crippen LogP contribution in [0, 0.1) is 6.92 Å². The second kappa shape index (κ2) is 16.1. The standard InChI is InChI=1S/C19H31BrN4O2.HI/c1-4-5-12-26-13-6-10-22-19(21-3)23-11-9-18(25)24-17-8-7-16(20)14-15(17)2;/h7-8,14H,4-6,9-13H2,1-3H3,(H,24,25)(H2,21,22,23);1H. The van der Waals surface area contributed by atoms with Gasteiger partial charge in [-0.05, 0) is 43.5 Å². The number of benzene rings is 1. The summed E-state index contributed by atoms with van der Waals surface area (Å²) in [5.74, 6) is 0.675. The van der Waals surface area contributed by atoms with Gasteiger partial charge in [0.05, 0.1) is 0 Å². The lowest BCUT2D eigenvalue weighted by Gasteiger charge is -2.12. The van der Waals surface area contributed by atoms with Crippen molar-refractivity contribution in [3.05, 3.63) is 28.2 Å². The SMILES string of the molecule is CCCCOCCCNC(=NC)NCCC(=O)Nc1ccc(Br)cc1C.I. The summed E-state index contributed by atoms with van der Waals surface area (Å²) in [6.45, 7) is 7.01. The van der Waals surface area contributed by atoms with Crippen molar-refractivity contribution >= 4 is 57.5 Å². The van der Waals surface area contributed by atoms with Crippen LogP contribution < -0.4 is 16.0 Å². The predicted molar refractivity (Wildman–Crippen MR) is 127 cm³/mol. The predicted octanol–water partition coefficient (Wildman–Crippen LogP) is 4.08. The van der Waals surface area contributed by atoms with E-state index < -0.39 is 0 Å². The molecule has 0 aliphatic rings. The van der Waals surface area contributed by atoms with Crippen LogP contribution in [0.3, 0.4) is 0 Å². The van der Waals surface area contributed by atoms with E-state index in [0.29, 0.717) is 18.9 Å². The molecule has 0 bridgehead atoms. The monoisotopic (exact) mass is 554 g/mol. The Labute approximate surface area is 188 Å². The van der Waals surface area contributed by atoms with Crippen LogP contribution in [0.5, 0.6) is 0 Å². The van der Waals surface area contributed by atoms with Gasteiger partial charge in [-0.3, -0.25) is 9.79 Å². The van der Waals surface area contributed by atoms with Crippen LogP contribution in [0.15, 0.2) is 27.7 Å². The average Bonchev–Trinajstić information content (AvgIpc) is 2.61. The maximum atomic E-state index is 12.1. The smallest absolute Gasteiger partial charge is 0.226 e. The van der Waals surface area contributed by atoms with Gasteiger partial charge in [-0.2, -0.15) is 0 Å². The first-order chi connectivity index (χ1) is 12.6. The number of carbonyl (C=O) groups excluding carboxylic acids is 1. The number of unbranched alkanes of at least 4 members (excludes halogenated alkanes) is 1. The largest absolute Gasteiger partial charge is 0.381 e. The minimum absolute atomic E-state index is 0. The molecule has 0 aliphatic carbocycles. The quantitative estimate of drug-likeness (QED) is 0.167. The van der Waals surface area contributed by atoms with Gasteiger partial charge in [0.2, 0.25) is 5.91 Å². The molecule has 6 nitrogen and oxygen atoms in total. The van der Waals surface area contributed by atoms with Crippen LogP contribution in [-0.2, 0) is 9.53 Å². The summed E-state index contributed by atoms with van der Waals surface area (Å²) in [7, 11) is 1.72. The number of halogens is 2. The zero-order chi connectivity index (χ0) is 19.2. The van der Waals surface area contributed by atoms with Gasteiger partial charge in [0.25, 0.3) is 0 Å². The molecule has 0 unspecified atom stereocenters. The van der Waals surface area contributed by atoms with Gasteiger partial charge in [0.15, 0.2) is 5.96 Å². The topological polar surface area (TPSA) is 74.8 Å². The van der Waals surface area contributed by atoms with Gasteiger partial charge in [-0.25, -0.2) is 0 Å². The number of nitrogens with one attached hydrogen (secondary N) is 3. The van der Waals surface area contributed by atoms with E-state index in [0.717, 1.165) is 54.7 Å². The van der Waals surface area contributed by atoms with Gasteiger partial charge in [0.1, 0.15) is 0 Å². The third-order valence-electron chi connectivity index (χ3n) is 3.73. The van der Waals surface area contributed by atoms with Gasteiger partial charge in [0, 0.05) is 49.9 Å². The molecule has 0 saturated carbocycles. The molecule has 0 saturated heterocycles. The van der Waals surface area contributed by atoms with Crippen molar-refractivity contribution in [2.75, 3.05) is 38.7 Å². The molecule has 1 aromatic carbocycles. The first-order valence-electron chi connectivity index (χ1n) is 9.15. The van der Waals surface area contributed by atoms with E-state index in [4.69, 9.17) is 4.74 Å². The highest BCUT2D eigenvalue weighted by atomic mass is 127. The molecular formula is C19H32BrIN4O2. The Morgan fingerprint density at radius 2 is 1.89 bits per heavy atom. The van der Waals surface area contributed by atoms with E-state index in [1.165, 1.54) is 0 Å². The van der Waals surface area contributed by atoms with Crippen LogP contribution in [-0.4, -0.2) is 45.2 Å². The van der Waals surface area contributed by atoms with Crippen LogP contribution in [0.25, 0.3) is 0 Å². The van der Waals surface area contributed by atoms with Gasteiger partial charge in [-0.15, -0.1) is 24.0 Å². The molecule has 27 heavy (non-hydrogen) atoms. The van der Waals surface area contributed by atoms with Crippen molar-refractivity contribution < 1.29 is 9.53 Å². The maximum Gasteiger partial charge on any atom is 0.226 e. The third kappa shape index (κ3) is 12.2. The lowest BCUT2D eigenvalue weighted by atomic mass is 10.2. The fourth-order valence-electron chi connectivity index (χ4n) is 2.22. The number of hydrogen-bond donors (Lipinski definition) is 3. The Morgan fingerprint density at radius 1 is 1.19 bits per heavy atom. The number of guanidine groups is 1. The Kier molecular flexibility index (Phi) is 15.6. The van der Waals surface area contributed by atoms with E-state index in [9.17, 15) is 4.79 Å². The summed E-state index contributed by atoms with van der Waals surface area (Å²) in [5.41, 5.74) is 1.86. The Hall–Kier alpha value is -0.870. The summed E-state index contributed by atoms with van der Waals surface area (Å²) in [4.78, 5) is 16.2. The van der Waals surface area contributed by atoms with Crippen LogP contribution in [0.1, 0.15) is 38.2 Å². The molecule has 0 atom stereocenters. The minimum Gasteiger partial charge on any atom is -0.381 e. The molecule has 0 spiro atoms. The van der Waals surface area contributed by atoms with Crippen LogP contribution in [0.4, 0.5) is 5.69 Å². The van der Waals surface area contributed by atoms with E-state index >= 15 is 0 Å². The molecule has 0 radical (unpaired) electrons. The van der Waals surface area contributed by atoms with Crippen LogP contribution >= 0.6 is 39.9 Å². The highest BCUT2D eigenvalue weighted by Crippen LogP contribution is 2.19. The number of anilines is 1. The van der Waals surface area contributed by atoms with Crippen LogP contribution in [0.2, 0.25) is 0 Å². The fourth-order valence-corrected chi connectivity index (χ4v) is 2.70. The summed E-state index contributed by atoms with van der Waals surface area (Å²) >= 11 is 3.42. The third-order valence-corrected chi connectivity index (χ3v) is 4.22. The normalized spacial score (nSPS) is 10.9. The molecule has 1 amide bonds. The number of hydrogen-bond acceptors (Lipinski definition) is 3. The van der Waals surface area contributed by atoms with Crippen molar-refractivity contribution in [3.8, 4) is 0 Å². The minimum atomic E-state index is -0.0253. The van der Waals surface area contributed by atoms with Gasteiger partial charge in [-0.1, -0.05) is 29.3 Å². The number of ether oxygens (including phenoxy) is 1. The molecule has 3 N–H and O–H groups in total. The summed E-state index contributed by atoms with van der Waals surface area (Å²) < 4.78 is 6.52. The first kappa shape index (κ1) is 26.1. The zero-order valence-corrected chi connectivity index (χ0v) is 20.4. The number of nitrogens with zero attached hydrogens (tertiary/aromatic N) is 1. The number of carbonyl (C=O) groups is 1. The molecule has 1 aromatic rings. The van der Waals surface area contributed by atoms with Crippen molar-refractivity contribution in [2.24, 2.45) is 4.99 Å². The molecule has 0 fully saturated rings. The number of rotatable bonds is 11. The highest BCUT2D eigenvalue weighted by Gasteiger charge is 2.06. The summed E-state index contributed by atoms with van der Waals surface area (Å²) in [5, 5.41) is 9.30. The summed E-state index contributed by atoms with van der Waals surface area (Å²) in [6, 6.07) is 5.79. The number of aryl methyl sites for hydroxylation is 1. The average molecular weight is 555 g/mol. The van der Waals surface area contributed by atoms with Gasteiger partial charge < -0.3 is 20.7 Å². The van der Waals surface area contributed by atoms with Crippen molar-refractivity contribution in [3.63, 3.8) is 0 Å². The Balaban J connectivity index is 0.00000676. The molecular weight excluding hydrogens is 523 g/mol. The van der Waals surface area contributed by atoms with E-state index in [1.54, 1.807) is 7.05 Å². The fraction of sp³-hybridized carbons (Fsp3) is 0.579. The maximum absolute atomic E-state index is 12.1.